The van der Waals surface area contributed by atoms with Gasteiger partial charge in [-0.05, 0) is 59.7 Å². The highest BCUT2D eigenvalue weighted by atomic mass is 35.5. The Hall–Kier alpha value is -4.20. The molecule has 0 fully saturated rings. The summed E-state index contributed by atoms with van der Waals surface area (Å²) in [5, 5.41) is 8.28. The minimum absolute atomic E-state index is 0.352. The summed E-state index contributed by atoms with van der Waals surface area (Å²) in [6.45, 7) is 0. The maximum atomic E-state index is 6.66. The summed E-state index contributed by atoms with van der Waals surface area (Å²) in [7, 11) is 1.22. The summed E-state index contributed by atoms with van der Waals surface area (Å²) in [6.07, 6.45) is 4.03. The SMILES string of the molecule is COB1n2c3ccc2C(c2ccccc2)=c2ccc(n21)=C(c1ccccc1)C1=NC(=C3[N]c2c(Cl)cc(Cl)cc2Cl)C=C1. The molecule has 0 saturated heterocycles. The van der Waals surface area contributed by atoms with Crippen molar-refractivity contribution >= 4 is 70.2 Å². The second kappa shape index (κ2) is 10.2. The molecule has 9 heteroatoms. The van der Waals surface area contributed by atoms with Crippen LogP contribution in [0, 0.1) is 0 Å². The number of halogens is 3. The van der Waals surface area contributed by atoms with Gasteiger partial charge in [0.25, 0.3) is 0 Å². The number of nitrogens with zero attached hydrogens (tertiary/aromatic N) is 4. The molecule has 43 heavy (non-hydrogen) atoms. The van der Waals surface area contributed by atoms with Crippen molar-refractivity contribution < 1.29 is 4.65 Å². The van der Waals surface area contributed by atoms with Crippen molar-refractivity contribution in [1.82, 2.24) is 14.3 Å². The predicted molar refractivity (Wildman–Crippen MR) is 175 cm³/mol. The molecule has 0 aliphatic carbocycles. The summed E-state index contributed by atoms with van der Waals surface area (Å²) in [5.41, 5.74) is 8.60. The van der Waals surface area contributed by atoms with Crippen molar-refractivity contribution in [3.8, 4) is 0 Å². The Balaban J connectivity index is 1.53. The summed E-state index contributed by atoms with van der Waals surface area (Å²) in [5.74, 6) is 0. The number of allylic oxidation sites excluding steroid dienone is 2. The van der Waals surface area contributed by atoms with E-state index in [9.17, 15) is 0 Å². The maximum Gasteiger partial charge on any atom is 0.557 e. The van der Waals surface area contributed by atoms with Gasteiger partial charge in [-0.2, -0.15) is 0 Å². The van der Waals surface area contributed by atoms with Gasteiger partial charge in [0.05, 0.1) is 27.1 Å². The average Bonchev–Trinajstić information content (AvgIpc) is 3.77. The molecule has 0 atom stereocenters. The van der Waals surface area contributed by atoms with E-state index in [0.717, 1.165) is 50.1 Å². The van der Waals surface area contributed by atoms with Crippen LogP contribution in [0.15, 0.2) is 120 Å². The summed E-state index contributed by atoms with van der Waals surface area (Å²) in [6, 6.07) is 32.5. The Kier molecular flexibility index (Phi) is 6.28. The molecule has 5 aromatic rings. The van der Waals surface area contributed by atoms with Crippen LogP contribution < -0.4 is 16.0 Å². The number of fused-ring (bicyclic) bond motifs is 1. The Bertz CT molecular complexity index is 2160. The molecule has 3 aromatic carbocycles. The molecule has 5 nitrogen and oxygen atoms in total. The maximum absolute atomic E-state index is 6.66. The first-order valence-electron chi connectivity index (χ1n) is 13.7. The lowest BCUT2D eigenvalue weighted by Gasteiger charge is -2.28. The molecule has 0 N–H and O–H groups in total. The van der Waals surface area contributed by atoms with Crippen LogP contribution >= 0.6 is 34.8 Å². The van der Waals surface area contributed by atoms with E-state index in [1.54, 1.807) is 19.2 Å². The van der Waals surface area contributed by atoms with E-state index in [2.05, 4.69) is 69.6 Å². The fourth-order valence-corrected chi connectivity index (χ4v) is 7.10. The van der Waals surface area contributed by atoms with Crippen molar-refractivity contribution in [3.63, 3.8) is 0 Å². The van der Waals surface area contributed by atoms with Gasteiger partial charge < -0.3 is 13.6 Å². The minimum Gasteiger partial charge on any atom is -0.400 e. The van der Waals surface area contributed by atoms with E-state index in [4.69, 9.17) is 49.8 Å². The van der Waals surface area contributed by atoms with Crippen molar-refractivity contribution in [2.45, 2.75) is 0 Å². The van der Waals surface area contributed by atoms with Crippen LogP contribution in [0.3, 0.4) is 0 Å². The molecule has 4 bridgehead atoms. The zero-order valence-corrected chi connectivity index (χ0v) is 25.1. The molecule has 3 aliphatic rings. The first-order valence-corrected chi connectivity index (χ1v) is 14.9. The van der Waals surface area contributed by atoms with Crippen LogP contribution in [0.4, 0.5) is 5.69 Å². The molecule has 3 aliphatic heterocycles. The molecule has 0 amide bonds. The highest BCUT2D eigenvalue weighted by Gasteiger charge is 2.37. The molecule has 207 valence electrons. The van der Waals surface area contributed by atoms with Gasteiger partial charge in [0, 0.05) is 39.7 Å². The van der Waals surface area contributed by atoms with E-state index in [1.807, 2.05) is 36.4 Å². The molecule has 5 heterocycles. The van der Waals surface area contributed by atoms with Gasteiger partial charge >= 0.3 is 7.19 Å². The summed E-state index contributed by atoms with van der Waals surface area (Å²) < 4.78 is 10.8. The second-order valence-electron chi connectivity index (χ2n) is 10.4. The van der Waals surface area contributed by atoms with Crippen LogP contribution in [-0.2, 0) is 4.65 Å². The fourth-order valence-electron chi connectivity index (χ4n) is 6.20. The molecule has 2 aromatic heterocycles. The van der Waals surface area contributed by atoms with Gasteiger partial charge in [-0.1, -0.05) is 95.5 Å². The van der Waals surface area contributed by atoms with E-state index in [1.165, 1.54) is 0 Å². The smallest absolute Gasteiger partial charge is 0.400 e. The standard InChI is InChI=1S/C34H21BCl3N4O/c1-43-35-41-27-14-15-28(41)32(21-10-6-3-7-11-21)29-16-17-30(42(29)35)34(40-33-23(37)18-22(36)19-24(33)38)26-13-12-25(39-26)31(27)20-8-4-2-5-9-20/h2-19H,1H3. The van der Waals surface area contributed by atoms with Crippen LogP contribution in [0.2, 0.25) is 15.1 Å². The van der Waals surface area contributed by atoms with Gasteiger partial charge in [-0.15, -0.1) is 0 Å². The third kappa shape index (κ3) is 4.09. The Morgan fingerprint density at radius 2 is 1.30 bits per heavy atom. The van der Waals surface area contributed by atoms with Crippen LogP contribution in [0.5, 0.6) is 0 Å². The minimum atomic E-state index is -0.508. The predicted octanol–water partition coefficient (Wildman–Crippen LogP) is 6.67. The molecule has 0 spiro atoms. The van der Waals surface area contributed by atoms with Gasteiger partial charge in [0.1, 0.15) is 11.4 Å². The zero-order chi connectivity index (χ0) is 29.2. The van der Waals surface area contributed by atoms with Gasteiger partial charge in [-0.25, -0.2) is 10.3 Å². The second-order valence-corrected chi connectivity index (χ2v) is 11.6. The molecular weight excluding hydrogens is 598 g/mol. The lowest BCUT2D eigenvalue weighted by Crippen LogP contribution is -2.52. The molecular formula is C34H21BCl3N4O. The highest BCUT2D eigenvalue weighted by Crippen LogP contribution is 2.39. The number of benzene rings is 3. The lowest BCUT2D eigenvalue weighted by molar-refractivity contribution is 0.396. The Morgan fingerprint density at radius 1 is 0.698 bits per heavy atom. The Morgan fingerprint density at radius 3 is 1.95 bits per heavy atom. The Labute approximate surface area is 263 Å². The molecule has 1 radical (unpaired) electrons. The van der Waals surface area contributed by atoms with Crippen molar-refractivity contribution in [2.24, 2.45) is 4.99 Å². The van der Waals surface area contributed by atoms with Crippen molar-refractivity contribution in [2.75, 3.05) is 7.11 Å². The monoisotopic (exact) mass is 617 g/mol. The first-order chi connectivity index (χ1) is 21.0. The lowest BCUT2D eigenvalue weighted by atomic mass is 9.89. The average molecular weight is 619 g/mol. The van der Waals surface area contributed by atoms with Crippen LogP contribution in [0.25, 0.3) is 16.8 Å². The zero-order valence-electron chi connectivity index (χ0n) is 22.8. The number of aromatic nitrogens is 2. The number of hydrogen-bond donors (Lipinski definition) is 0. The van der Waals surface area contributed by atoms with Gasteiger partial charge in [0.2, 0.25) is 0 Å². The van der Waals surface area contributed by atoms with Crippen molar-refractivity contribution in [1.29, 1.82) is 0 Å². The molecule has 0 unspecified atom stereocenters. The van der Waals surface area contributed by atoms with E-state index in [-0.39, 0.29) is 0 Å². The summed E-state index contributed by atoms with van der Waals surface area (Å²) in [4.78, 5) is 5.16. The molecule has 0 saturated carbocycles. The van der Waals surface area contributed by atoms with E-state index >= 15 is 0 Å². The van der Waals surface area contributed by atoms with Crippen molar-refractivity contribution in [3.05, 3.63) is 163 Å². The largest absolute Gasteiger partial charge is 0.557 e. The quantitative estimate of drug-likeness (QED) is 0.203. The third-order valence-corrected chi connectivity index (χ3v) is 8.76. The van der Waals surface area contributed by atoms with Crippen LogP contribution in [-0.4, -0.2) is 29.0 Å². The summed E-state index contributed by atoms with van der Waals surface area (Å²) >= 11 is 19.6. The normalized spacial score (nSPS) is 14.9. The third-order valence-electron chi connectivity index (χ3n) is 7.97. The molecule has 8 rings (SSSR count). The van der Waals surface area contributed by atoms with E-state index in [0.29, 0.717) is 32.1 Å². The fraction of sp³-hybridized carbons (Fsp3) is 0.0294. The van der Waals surface area contributed by atoms with E-state index < -0.39 is 7.19 Å². The number of hydrogen-bond acceptors (Lipinski definition) is 2. The number of rotatable bonds is 5. The van der Waals surface area contributed by atoms with Gasteiger partial charge in [0.15, 0.2) is 0 Å². The number of aliphatic imine (C=N–C) groups is 1. The highest BCUT2D eigenvalue weighted by molar-refractivity contribution is 6.50. The first kappa shape index (κ1) is 26.4. The topological polar surface area (TPSA) is 45.5 Å². The van der Waals surface area contributed by atoms with Gasteiger partial charge in [-0.3, -0.25) is 0 Å². The van der Waals surface area contributed by atoms with Crippen LogP contribution in [0.1, 0.15) is 22.5 Å².